The average Bonchev–Trinajstić information content (AvgIpc) is 3.40. The number of carbonyl (C=O) groups excluding carboxylic acids is 1. The summed E-state index contributed by atoms with van der Waals surface area (Å²) in [5.41, 5.74) is 2.78. The zero-order valence-corrected chi connectivity index (χ0v) is 15.8. The number of piperidine rings is 1. The standard InChI is InChI=1S/C21H25N5O2/c27-13-12-25-11-7-20(23-25)19-6-2-9-24(16-19)21(28)18-5-1-4-17(14-18)15-26-10-3-8-22-26/h1,3-5,7-8,10-11,14,19,27H,2,6,9,12-13,15-16H2. The molecule has 7 heteroatoms. The first-order valence-corrected chi connectivity index (χ1v) is 9.73. The van der Waals surface area contributed by atoms with E-state index in [1.165, 1.54) is 0 Å². The SMILES string of the molecule is O=C(c1cccc(Cn2cccn2)c1)N1CCCC(c2ccn(CCO)n2)C1. The highest BCUT2D eigenvalue weighted by atomic mass is 16.3. The van der Waals surface area contributed by atoms with E-state index in [1.54, 1.807) is 10.9 Å². The Morgan fingerprint density at radius 2 is 2.11 bits per heavy atom. The van der Waals surface area contributed by atoms with Crippen LogP contribution in [0, 0.1) is 0 Å². The van der Waals surface area contributed by atoms with Crippen molar-refractivity contribution in [2.75, 3.05) is 19.7 Å². The summed E-state index contributed by atoms with van der Waals surface area (Å²) in [5.74, 6) is 0.312. The predicted octanol–water partition coefficient (Wildman–Crippen LogP) is 2.14. The second-order valence-corrected chi connectivity index (χ2v) is 7.22. The number of hydrogen-bond donors (Lipinski definition) is 1. The van der Waals surface area contributed by atoms with E-state index in [-0.39, 0.29) is 18.4 Å². The van der Waals surface area contributed by atoms with Crippen molar-refractivity contribution in [3.05, 3.63) is 71.8 Å². The Labute approximate surface area is 164 Å². The maximum absolute atomic E-state index is 13.1. The number of benzene rings is 1. The van der Waals surface area contributed by atoms with Crippen molar-refractivity contribution in [3.63, 3.8) is 0 Å². The first-order chi connectivity index (χ1) is 13.7. The van der Waals surface area contributed by atoms with E-state index in [0.717, 1.165) is 36.2 Å². The third-order valence-electron chi connectivity index (χ3n) is 5.19. The first-order valence-electron chi connectivity index (χ1n) is 9.73. The van der Waals surface area contributed by atoms with Crippen molar-refractivity contribution < 1.29 is 9.90 Å². The van der Waals surface area contributed by atoms with Crippen molar-refractivity contribution in [1.29, 1.82) is 0 Å². The quantitative estimate of drug-likeness (QED) is 0.712. The van der Waals surface area contributed by atoms with Gasteiger partial charge in [0.15, 0.2) is 0 Å². The van der Waals surface area contributed by atoms with Crippen LogP contribution in [0.1, 0.15) is 40.4 Å². The van der Waals surface area contributed by atoms with E-state index in [2.05, 4.69) is 10.2 Å². The fourth-order valence-corrected chi connectivity index (χ4v) is 3.79. The molecule has 4 rings (SSSR count). The van der Waals surface area contributed by atoms with E-state index in [0.29, 0.717) is 19.6 Å². The van der Waals surface area contributed by atoms with Gasteiger partial charge < -0.3 is 10.0 Å². The number of amides is 1. The summed E-state index contributed by atoms with van der Waals surface area (Å²) in [7, 11) is 0. The van der Waals surface area contributed by atoms with Crippen LogP contribution in [0.5, 0.6) is 0 Å². The minimum atomic E-state index is 0.0711. The van der Waals surface area contributed by atoms with Crippen molar-refractivity contribution in [3.8, 4) is 0 Å². The number of likely N-dealkylation sites (tertiary alicyclic amines) is 1. The Morgan fingerprint density at radius 3 is 2.93 bits per heavy atom. The minimum absolute atomic E-state index is 0.0711. The normalized spacial score (nSPS) is 17.0. The van der Waals surface area contributed by atoms with E-state index >= 15 is 0 Å². The Kier molecular flexibility index (Phi) is 5.53. The molecular formula is C21H25N5O2. The van der Waals surface area contributed by atoms with Gasteiger partial charge in [-0.05, 0) is 42.7 Å². The molecule has 1 amide bonds. The predicted molar refractivity (Wildman–Crippen MR) is 105 cm³/mol. The Hall–Kier alpha value is -2.93. The summed E-state index contributed by atoms with van der Waals surface area (Å²) in [6.07, 6.45) is 7.56. The molecular weight excluding hydrogens is 354 g/mol. The second-order valence-electron chi connectivity index (χ2n) is 7.22. The van der Waals surface area contributed by atoms with Gasteiger partial charge in [0.05, 0.1) is 25.4 Å². The van der Waals surface area contributed by atoms with Gasteiger partial charge in [-0.25, -0.2) is 0 Å². The topological polar surface area (TPSA) is 76.2 Å². The van der Waals surface area contributed by atoms with Gasteiger partial charge >= 0.3 is 0 Å². The molecule has 1 aliphatic rings. The molecule has 146 valence electrons. The summed E-state index contributed by atoms with van der Waals surface area (Å²) in [4.78, 5) is 15.0. The number of aliphatic hydroxyl groups is 1. The number of hydrogen-bond acceptors (Lipinski definition) is 4. The highest BCUT2D eigenvalue weighted by molar-refractivity contribution is 5.94. The number of aromatic nitrogens is 4. The van der Waals surface area contributed by atoms with Gasteiger partial charge in [-0.15, -0.1) is 0 Å². The molecule has 2 aromatic heterocycles. The van der Waals surface area contributed by atoms with Crippen LogP contribution in [0.4, 0.5) is 0 Å². The van der Waals surface area contributed by atoms with Crippen LogP contribution in [0.25, 0.3) is 0 Å². The molecule has 3 aromatic rings. The van der Waals surface area contributed by atoms with Crippen LogP contribution >= 0.6 is 0 Å². The van der Waals surface area contributed by atoms with Gasteiger partial charge in [0.1, 0.15) is 0 Å². The largest absolute Gasteiger partial charge is 0.394 e. The lowest BCUT2D eigenvalue weighted by molar-refractivity contribution is 0.0705. The maximum Gasteiger partial charge on any atom is 0.253 e. The smallest absolute Gasteiger partial charge is 0.253 e. The van der Waals surface area contributed by atoms with Crippen LogP contribution in [-0.4, -0.2) is 55.2 Å². The van der Waals surface area contributed by atoms with Gasteiger partial charge in [0, 0.05) is 43.2 Å². The molecule has 1 atom stereocenters. The summed E-state index contributed by atoms with van der Waals surface area (Å²) < 4.78 is 3.61. The number of nitrogens with zero attached hydrogens (tertiary/aromatic N) is 5. The molecule has 0 aliphatic carbocycles. The van der Waals surface area contributed by atoms with E-state index in [9.17, 15) is 4.79 Å². The zero-order valence-electron chi connectivity index (χ0n) is 15.8. The van der Waals surface area contributed by atoms with Gasteiger partial charge in [-0.3, -0.25) is 14.2 Å². The molecule has 3 heterocycles. The van der Waals surface area contributed by atoms with Crippen molar-refractivity contribution in [2.24, 2.45) is 0 Å². The highest BCUT2D eigenvalue weighted by Crippen LogP contribution is 2.26. The zero-order chi connectivity index (χ0) is 19.3. The molecule has 7 nitrogen and oxygen atoms in total. The molecule has 0 saturated carbocycles. The van der Waals surface area contributed by atoms with Gasteiger partial charge in [-0.2, -0.15) is 10.2 Å². The molecule has 0 radical (unpaired) electrons. The van der Waals surface area contributed by atoms with E-state index < -0.39 is 0 Å². The van der Waals surface area contributed by atoms with Crippen LogP contribution in [0.3, 0.4) is 0 Å². The Balaban J connectivity index is 1.45. The lowest BCUT2D eigenvalue weighted by Gasteiger charge is -2.32. The van der Waals surface area contributed by atoms with Crippen LogP contribution in [0.2, 0.25) is 0 Å². The van der Waals surface area contributed by atoms with E-state index in [1.807, 2.05) is 58.4 Å². The molecule has 0 spiro atoms. The lowest BCUT2D eigenvalue weighted by atomic mass is 9.94. The van der Waals surface area contributed by atoms with Crippen molar-refractivity contribution >= 4 is 5.91 Å². The molecule has 1 saturated heterocycles. The molecule has 0 bridgehead atoms. The fourth-order valence-electron chi connectivity index (χ4n) is 3.79. The summed E-state index contributed by atoms with van der Waals surface area (Å²) in [6.45, 7) is 2.68. The first kappa shape index (κ1) is 18.4. The minimum Gasteiger partial charge on any atom is -0.394 e. The molecule has 1 aliphatic heterocycles. The second kappa shape index (κ2) is 8.39. The molecule has 1 unspecified atom stereocenters. The van der Waals surface area contributed by atoms with Gasteiger partial charge in [0.2, 0.25) is 0 Å². The Morgan fingerprint density at radius 1 is 1.18 bits per heavy atom. The number of carbonyl (C=O) groups is 1. The lowest BCUT2D eigenvalue weighted by Crippen LogP contribution is -2.39. The van der Waals surface area contributed by atoms with Crippen molar-refractivity contribution in [2.45, 2.75) is 31.8 Å². The Bertz CT molecular complexity index is 919. The summed E-state index contributed by atoms with van der Waals surface area (Å²) in [6, 6.07) is 11.7. The monoisotopic (exact) mass is 379 g/mol. The van der Waals surface area contributed by atoms with Crippen LogP contribution in [0.15, 0.2) is 55.0 Å². The number of rotatable bonds is 6. The molecule has 28 heavy (non-hydrogen) atoms. The van der Waals surface area contributed by atoms with Crippen LogP contribution < -0.4 is 0 Å². The maximum atomic E-state index is 13.1. The third kappa shape index (κ3) is 4.14. The third-order valence-corrected chi connectivity index (χ3v) is 5.19. The van der Waals surface area contributed by atoms with E-state index in [4.69, 9.17) is 5.11 Å². The fraction of sp³-hybridized carbons (Fsp3) is 0.381. The summed E-state index contributed by atoms with van der Waals surface area (Å²) in [5, 5.41) is 17.9. The van der Waals surface area contributed by atoms with Gasteiger partial charge in [-0.1, -0.05) is 12.1 Å². The number of aliphatic hydroxyl groups excluding tert-OH is 1. The summed E-state index contributed by atoms with van der Waals surface area (Å²) >= 11 is 0. The highest BCUT2D eigenvalue weighted by Gasteiger charge is 2.27. The average molecular weight is 379 g/mol. The molecule has 1 fully saturated rings. The van der Waals surface area contributed by atoms with Crippen LogP contribution in [-0.2, 0) is 13.1 Å². The van der Waals surface area contributed by atoms with Crippen molar-refractivity contribution in [1.82, 2.24) is 24.5 Å². The molecule has 1 aromatic carbocycles. The molecule has 1 N–H and O–H groups in total. The van der Waals surface area contributed by atoms with Gasteiger partial charge in [0.25, 0.3) is 5.91 Å².